The van der Waals surface area contributed by atoms with Crippen LogP contribution in [0.3, 0.4) is 0 Å². The predicted molar refractivity (Wildman–Crippen MR) is 124 cm³/mol. The average molecular weight is 497 g/mol. The molecule has 1 fully saturated rings. The number of hydrogen-bond donors (Lipinski definition) is 1. The molecule has 0 bridgehead atoms. The predicted octanol–water partition coefficient (Wildman–Crippen LogP) is 3.67. The Kier molecular flexibility index (Phi) is 8.33. The summed E-state index contributed by atoms with van der Waals surface area (Å²) in [6.07, 6.45) is 2.41. The molecule has 0 amide bonds. The Labute approximate surface area is 199 Å². The Morgan fingerprint density at radius 2 is 2.03 bits per heavy atom. The fourth-order valence-corrected chi connectivity index (χ4v) is 5.46. The molecule has 0 radical (unpaired) electrons. The highest BCUT2D eigenvalue weighted by Crippen LogP contribution is 2.24. The third-order valence-corrected chi connectivity index (χ3v) is 7.54. The summed E-state index contributed by atoms with van der Waals surface area (Å²) >= 11 is 6.09. The van der Waals surface area contributed by atoms with Gasteiger partial charge in [-0.05, 0) is 57.4 Å². The van der Waals surface area contributed by atoms with Gasteiger partial charge in [-0.15, -0.1) is 0 Å². The summed E-state index contributed by atoms with van der Waals surface area (Å²) in [5.74, 6) is -1.13. The first-order valence-corrected chi connectivity index (χ1v) is 12.8. The molecule has 1 unspecified atom stereocenters. The fourth-order valence-electron chi connectivity index (χ4n) is 3.87. The van der Waals surface area contributed by atoms with E-state index in [1.807, 2.05) is 13.8 Å². The van der Waals surface area contributed by atoms with Gasteiger partial charge in [0.25, 0.3) is 0 Å². The molecule has 1 saturated heterocycles. The number of carbonyl (C=O) groups excluding carboxylic acids is 2. The number of nitrogens with one attached hydrogen (secondary N) is 1. The second-order valence-corrected chi connectivity index (χ2v) is 10.2. The molecule has 0 saturated carbocycles. The summed E-state index contributed by atoms with van der Waals surface area (Å²) < 4.78 is 40.5. The number of hydrogen-bond acceptors (Lipinski definition) is 6. The average Bonchev–Trinajstić information content (AvgIpc) is 3.40. The van der Waals surface area contributed by atoms with Crippen LogP contribution in [0.4, 0.5) is 0 Å². The first-order chi connectivity index (χ1) is 15.6. The van der Waals surface area contributed by atoms with Crippen LogP contribution in [0.25, 0.3) is 0 Å². The molecule has 0 spiro atoms. The number of benzene rings is 1. The minimum Gasteiger partial charge on any atom is -0.454 e. The van der Waals surface area contributed by atoms with Gasteiger partial charge in [0.15, 0.2) is 6.61 Å². The largest absolute Gasteiger partial charge is 0.454 e. The molecule has 2 heterocycles. The van der Waals surface area contributed by atoms with Crippen LogP contribution in [0.15, 0.2) is 29.2 Å². The molecular weight excluding hydrogens is 468 g/mol. The minimum atomic E-state index is -3.96. The molecule has 1 N–H and O–H groups in total. The smallest absolute Gasteiger partial charge is 0.338 e. The van der Waals surface area contributed by atoms with Gasteiger partial charge in [-0.1, -0.05) is 18.5 Å². The second-order valence-electron chi connectivity index (χ2n) is 8.07. The molecule has 8 nitrogen and oxygen atoms in total. The van der Waals surface area contributed by atoms with Crippen LogP contribution in [0.5, 0.6) is 0 Å². The van der Waals surface area contributed by atoms with E-state index in [1.54, 1.807) is 6.07 Å². The number of esters is 1. The number of carbonyl (C=O) groups is 2. The first-order valence-electron chi connectivity index (χ1n) is 10.9. The summed E-state index contributed by atoms with van der Waals surface area (Å²) in [5.41, 5.74) is 2.28. The molecule has 1 atom stereocenters. The van der Waals surface area contributed by atoms with Gasteiger partial charge in [-0.25, -0.2) is 17.9 Å². The van der Waals surface area contributed by atoms with Crippen LogP contribution in [-0.2, 0) is 26.0 Å². The van der Waals surface area contributed by atoms with Crippen molar-refractivity contribution >= 4 is 33.4 Å². The molecule has 33 heavy (non-hydrogen) atoms. The zero-order chi connectivity index (χ0) is 24.2. The van der Waals surface area contributed by atoms with Crippen LogP contribution in [0.1, 0.15) is 58.3 Å². The van der Waals surface area contributed by atoms with Gasteiger partial charge in [-0.3, -0.25) is 4.79 Å². The zero-order valence-electron chi connectivity index (χ0n) is 19.0. The Balaban J connectivity index is 1.68. The lowest BCUT2D eigenvalue weighted by Crippen LogP contribution is -2.32. The van der Waals surface area contributed by atoms with E-state index in [0.717, 1.165) is 43.3 Å². The number of Topliss-reactive ketones (excluding diaryl/α,β-unsaturated/α-hetero) is 1. The molecule has 1 aliphatic rings. The first kappa shape index (κ1) is 25.4. The van der Waals surface area contributed by atoms with Gasteiger partial charge in [0.1, 0.15) is 4.90 Å². The fraction of sp³-hybridized carbons (Fsp3) is 0.478. The van der Waals surface area contributed by atoms with E-state index in [0.29, 0.717) is 12.2 Å². The van der Waals surface area contributed by atoms with E-state index in [1.165, 1.54) is 12.1 Å². The highest BCUT2D eigenvalue weighted by molar-refractivity contribution is 7.89. The Morgan fingerprint density at radius 3 is 2.70 bits per heavy atom. The highest BCUT2D eigenvalue weighted by Gasteiger charge is 2.24. The lowest BCUT2D eigenvalue weighted by Gasteiger charge is -2.13. The SMILES string of the molecule is CCCn1c(C)cc(C(=O)COC(=O)c2ccc(Cl)c(S(=O)(=O)NCC3CCCO3)c2)c1C. The number of nitrogens with zero attached hydrogens (tertiary/aromatic N) is 1. The van der Waals surface area contributed by atoms with Crippen molar-refractivity contribution in [2.45, 2.75) is 57.6 Å². The molecule has 10 heteroatoms. The monoisotopic (exact) mass is 496 g/mol. The molecular formula is C23H29ClN2O6S. The van der Waals surface area contributed by atoms with Crippen LogP contribution in [0, 0.1) is 13.8 Å². The zero-order valence-corrected chi connectivity index (χ0v) is 20.6. The van der Waals surface area contributed by atoms with Crippen molar-refractivity contribution in [3.05, 3.63) is 51.8 Å². The summed E-state index contributed by atoms with van der Waals surface area (Å²) in [4.78, 5) is 24.9. The van der Waals surface area contributed by atoms with Crippen molar-refractivity contribution in [2.75, 3.05) is 19.8 Å². The van der Waals surface area contributed by atoms with Crippen molar-refractivity contribution < 1.29 is 27.5 Å². The number of rotatable bonds is 10. The molecule has 1 aromatic carbocycles. The lowest BCUT2D eigenvalue weighted by atomic mass is 10.1. The molecule has 2 aromatic rings. The maximum absolute atomic E-state index is 12.7. The Morgan fingerprint density at radius 1 is 1.27 bits per heavy atom. The van der Waals surface area contributed by atoms with E-state index >= 15 is 0 Å². The number of sulfonamides is 1. The van der Waals surface area contributed by atoms with Gasteiger partial charge in [0.05, 0.1) is 16.7 Å². The third kappa shape index (κ3) is 6.03. The topological polar surface area (TPSA) is 104 Å². The second kappa shape index (κ2) is 10.8. The Hall–Kier alpha value is -2.20. The van der Waals surface area contributed by atoms with Crippen molar-refractivity contribution in [1.29, 1.82) is 0 Å². The van der Waals surface area contributed by atoms with Crippen molar-refractivity contribution in [1.82, 2.24) is 9.29 Å². The van der Waals surface area contributed by atoms with E-state index < -0.39 is 22.6 Å². The van der Waals surface area contributed by atoms with Gasteiger partial charge >= 0.3 is 5.97 Å². The minimum absolute atomic E-state index is 0.0128. The van der Waals surface area contributed by atoms with Gasteiger partial charge in [-0.2, -0.15) is 0 Å². The van der Waals surface area contributed by atoms with Gasteiger partial charge in [0, 0.05) is 36.6 Å². The van der Waals surface area contributed by atoms with Crippen molar-refractivity contribution in [3.8, 4) is 0 Å². The summed E-state index contributed by atoms with van der Waals surface area (Å²) in [6, 6.07) is 5.62. The lowest BCUT2D eigenvalue weighted by molar-refractivity contribution is 0.0474. The standard InChI is InChI=1S/C23H29ClN2O6S/c1-4-9-26-15(2)11-19(16(26)3)21(27)14-32-23(28)17-7-8-20(24)22(12-17)33(29,30)25-13-18-6-5-10-31-18/h7-8,11-12,18,25H,4-6,9-10,13-14H2,1-3H3. The van der Waals surface area contributed by atoms with E-state index in [2.05, 4.69) is 16.2 Å². The molecule has 3 rings (SSSR count). The summed E-state index contributed by atoms with van der Waals surface area (Å²) in [6.45, 7) is 6.92. The normalized spacial score (nSPS) is 16.2. The number of aromatic nitrogens is 1. The van der Waals surface area contributed by atoms with E-state index in [-0.39, 0.29) is 33.9 Å². The maximum Gasteiger partial charge on any atom is 0.338 e. The van der Waals surface area contributed by atoms with Crippen LogP contribution < -0.4 is 4.72 Å². The number of halogens is 1. The number of ketones is 1. The van der Waals surface area contributed by atoms with Crippen LogP contribution in [-0.4, -0.2) is 50.6 Å². The van der Waals surface area contributed by atoms with E-state index in [9.17, 15) is 18.0 Å². The van der Waals surface area contributed by atoms with E-state index in [4.69, 9.17) is 21.1 Å². The van der Waals surface area contributed by atoms with Gasteiger partial charge in [0.2, 0.25) is 15.8 Å². The summed E-state index contributed by atoms with van der Waals surface area (Å²) in [7, 11) is -3.96. The molecule has 1 aromatic heterocycles. The van der Waals surface area contributed by atoms with Crippen molar-refractivity contribution in [2.24, 2.45) is 0 Å². The van der Waals surface area contributed by atoms with Crippen LogP contribution >= 0.6 is 11.6 Å². The Bertz CT molecular complexity index is 1140. The summed E-state index contributed by atoms with van der Waals surface area (Å²) in [5, 5.41) is -0.0224. The molecule has 0 aliphatic carbocycles. The molecule has 1 aliphatic heterocycles. The maximum atomic E-state index is 12.7. The number of ether oxygens (including phenoxy) is 2. The molecule has 180 valence electrons. The van der Waals surface area contributed by atoms with Crippen LogP contribution in [0.2, 0.25) is 5.02 Å². The van der Waals surface area contributed by atoms with Crippen molar-refractivity contribution in [3.63, 3.8) is 0 Å². The number of aryl methyl sites for hydroxylation is 1. The van der Waals surface area contributed by atoms with Gasteiger partial charge < -0.3 is 14.0 Å². The highest BCUT2D eigenvalue weighted by atomic mass is 35.5. The quantitative estimate of drug-likeness (QED) is 0.397. The third-order valence-electron chi connectivity index (χ3n) is 5.64.